The molecule has 0 radical (unpaired) electrons. The predicted molar refractivity (Wildman–Crippen MR) is 84.9 cm³/mol. The first-order valence-corrected chi connectivity index (χ1v) is 7.41. The molecule has 0 aliphatic carbocycles. The third-order valence-corrected chi connectivity index (χ3v) is 3.62. The largest absolute Gasteiger partial charge is 0.347 e. The number of likely N-dealkylation sites (N-methyl/N-ethyl adjacent to an activating group) is 1. The van der Waals surface area contributed by atoms with Crippen molar-refractivity contribution in [3.8, 4) is 0 Å². The zero-order valence-electron chi connectivity index (χ0n) is 13.0. The van der Waals surface area contributed by atoms with E-state index in [2.05, 4.69) is 24.4 Å². The van der Waals surface area contributed by atoms with Crippen molar-refractivity contribution in [1.29, 1.82) is 0 Å². The molecule has 3 nitrogen and oxygen atoms in total. The fraction of sp³-hybridized carbons (Fsp3) is 0.278. The highest BCUT2D eigenvalue weighted by molar-refractivity contribution is 5.76. The second-order valence-electron chi connectivity index (χ2n) is 5.64. The molecule has 1 unspecified atom stereocenters. The molecule has 0 bridgehead atoms. The minimum Gasteiger partial charge on any atom is -0.347 e. The number of carbonyl (C=O) groups excluding carboxylic acids is 1. The number of quaternary nitrogens is 1. The van der Waals surface area contributed by atoms with Crippen LogP contribution in [0.4, 0.5) is 4.39 Å². The maximum Gasteiger partial charge on any atom is 0.275 e. The van der Waals surface area contributed by atoms with Gasteiger partial charge in [-0.05, 0) is 30.2 Å². The van der Waals surface area contributed by atoms with Crippen LogP contribution >= 0.6 is 0 Å². The Bertz CT molecular complexity index is 625. The van der Waals surface area contributed by atoms with Gasteiger partial charge in [0.15, 0.2) is 6.54 Å². The van der Waals surface area contributed by atoms with Crippen molar-refractivity contribution in [2.24, 2.45) is 0 Å². The Labute approximate surface area is 130 Å². The van der Waals surface area contributed by atoms with Gasteiger partial charge in [0.2, 0.25) is 0 Å². The first-order valence-electron chi connectivity index (χ1n) is 7.41. The van der Waals surface area contributed by atoms with Crippen LogP contribution in [0.25, 0.3) is 0 Å². The van der Waals surface area contributed by atoms with Crippen LogP contribution in [0.2, 0.25) is 0 Å². The Balaban J connectivity index is 1.79. The number of hydrogen-bond donors (Lipinski definition) is 2. The van der Waals surface area contributed by atoms with Crippen molar-refractivity contribution in [1.82, 2.24) is 5.32 Å². The van der Waals surface area contributed by atoms with E-state index >= 15 is 0 Å². The Morgan fingerprint density at radius 2 is 1.82 bits per heavy atom. The molecule has 0 aliphatic rings. The van der Waals surface area contributed by atoms with Gasteiger partial charge in [0.25, 0.3) is 5.91 Å². The Kier molecular flexibility index (Phi) is 5.67. The van der Waals surface area contributed by atoms with Gasteiger partial charge >= 0.3 is 0 Å². The lowest BCUT2D eigenvalue weighted by atomic mass is 10.1. The van der Waals surface area contributed by atoms with E-state index in [9.17, 15) is 9.18 Å². The molecule has 0 saturated carbocycles. The van der Waals surface area contributed by atoms with Crippen molar-refractivity contribution in [2.45, 2.75) is 20.0 Å². The average molecular weight is 301 g/mol. The highest BCUT2D eigenvalue weighted by atomic mass is 19.1. The van der Waals surface area contributed by atoms with Crippen LogP contribution in [-0.2, 0) is 17.9 Å². The molecular weight excluding hydrogens is 279 g/mol. The number of amides is 1. The molecular formula is C18H22FN2O+. The normalized spacial score (nSPS) is 12.0. The van der Waals surface area contributed by atoms with E-state index in [-0.39, 0.29) is 11.7 Å². The van der Waals surface area contributed by atoms with Gasteiger partial charge in [-0.15, -0.1) is 0 Å². The third kappa shape index (κ3) is 4.97. The molecule has 1 atom stereocenters. The summed E-state index contributed by atoms with van der Waals surface area (Å²) in [6.07, 6.45) is 0. The van der Waals surface area contributed by atoms with Crippen molar-refractivity contribution < 1.29 is 14.1 Å². The van der Waals surface area contributed by atoms with Gasteiger partial charge < -0.3 is 10.2 Å². The number of hydrogen-bond acceptors (Lipinski definition) is 1. The highest BCUT2D eigenvalue weighted by Gasteiger charge is 2.11. The molecule has 2 aromatic carbocycles. The summed E-state index contributed by atoms with van der Waals surface area (Å²) in [5.41, 5.74) is 3.39. The Morgan fingerprint density at radius 1 is 1.14 bits per heavy atom. The molecule has 0 fully saturated rings. The van der Waals surface area contributed by atoms with Gasteiger partial charge in [-0.2, -0.15) is 0 Å². The summed E-state index contributed by atoms with van der Waals surface area (Å²) < 4.78 is 12.8. The SMILES string of the molecule is Cc1ccccc1C[NH+](C)CC(=O)NCc1ccc(F)cc1. The fourth-order valence-corrected chi connectivity index (χ4v) is 2.34. The second kappa shape index (κ2) is 7.71. The summed E-state index contributed by atoms with van der Waals surface area (Å²) in [7, 11) is 2.00. The molecule has 0 heterocycles. The quantitative estimate of drug-likeness (QED) is 0.832. The predicted octanol–water partition coefficient (Wildman–Crippen LogP) is 1.47. The van der Waals surface area contributed by atoms with Crippen LogP contribution in [0, 0.1) is 12.7 Å². The van der Waals surface area contributed by atoms with Crippen molar-refractivity contribution in [3.63, 3.8) is 0 Å². The third-order valence-electron chi connectivity index (χ3n) is 3.62. The molecule has 1 amide bonds. The zero-order chi connectivity index (χ0) is 15.9. The molecule has 2 N–H and O–H groups in total. The second-order valence-corrected chi connectivity index (χ2v) is 5.64. The summed E-state index contributed by atoms with van der Waals surface area (Å²) in [6.45, 7) is 3.74. The lowest BCUT2D eigenvalue weighted by molar-refractivity contribution is -0.885. The van der Waals surface area contributed by atoms with Gasteiger partial charge in [-0.25, -0.2) is 4.39 Å². The average Bonchev–Trinajstić information content (AvgIpc) is 2.49. The lowest BCUT2D eigenvalue weighted by Crippen LogP contribution is -3.08. The molecule has 2 rings (SSSR count). The Morgan fingerprint density at radius 3 is 2.50 bits per heavy atom. The van der Waals surface area contributed by atoms with Crippen molar-refractivity contribution in [3.05, 3.63) is 71.0 Å². The topological polar surface area (TPSA) is 33.5 Å². The zero-order valence-corrected chi connectivity index (χ0v) is 13.0. The minimum absolute atomic E-state index is 0.00425. The van der Waals surface area contributed by atoms with Gasteiger partial charge in [0.1, 0.15) is 12.4 Å². The van der Waals surface area contributed by atoms with E-state index in [4.69, 9.17) is 0 Å². The fourth-order valence-electron chi connectivity index (χ4n) is 2.34. The van der Waals surface area contributed by atoms with E-state index in [1.165, 1.54) is 23.3 Å². The maximum atomic E-state index is 12.8. The molecule has 0 saturated heterocycles. The van der Waals surface area contributed by atoms with Crippen molar-refractivity contribution >= 4 is 5.91 Å². The summed E-state index contributed by atoms with van der Waals surface area (Å²) in [6, 6.07) is 14.4. The summed E-state index contributed by atoms with van der Waals surface area (Å²) in [4.78, 5) is 13.1. The molecule has 4 heteroatoms. The van der Waals surface area contributed by atoms with Crippen LogP contribution in [0.5, 0.6) is 0 Å². The summed E-state index contributed by atoms with van der Waals surface area (Å²) in [5, 5.41) is 2.87. The van der Waals surface area contributed by atoms with Crippen LogP contribution in [-0.4, -0.2) is 19.5 Å². The summed E-state index contributed by atoms with van der Waals surface area (Å²) >= 11 is 0. The number of carbonyl (C=O) groups is 1. The lowest BCUT2D eigenvalue weighted by Gasteiger charge is -2.15. The first-order chi connectivity index (χ1) is 10.5. The molecule has 0 spiro atoms. The molecule has 22 heavy (non-hydrogen) atoms. The van der Waals surface area contributed by atoms with E-state index < -0.39 is 0 Å². The van der Waals surface area contributed by atoms with E-state index in [1.54, 1.807) is 12.1 Å². The smallest absolute Gasteiger partial charge is 0.275 e. The summed E-state index contributed by atoms with van der Waals surface area (Å²) in [5.74, 6) is -0.270. The molecule has 0 aliphatic heterocycles. The number of benzene rings is 2. The molecule has 2 aromatic rings. The molecule has 0 aromatic heterocycles. The van der Waals surface area contributed by atoms with Crippen LogP contribution < -0.4 is 10.2 Å². The highest BCUT2D eigenvalue weighted by Crippen LogP contribution is 2.04. The minimum atomic E-state index is -0.266. The maximum absolute atomic E-state index is 12.8. The van der Waals surface area contributed by atoms with Crippen LogP contribution in [0.15, 0.2) is 48.5 Å². The van der Waals surface area contributed by atoms with E-state index in [1.807, 2.05) is 19.2 Å². The van der Waals surface area contributed by atoms with Gasteiger partial charge in [-0.3, -0.25) is 4.79 Å². The standard InChI is InChI=1S/C18H21FN2O/c1-14-5-3-4-6-16(14)12-21(2)13-18(22)20-11-15-7-9-17(19)10-8-15/h3-10H,11-13H2,1-2H3,(H,20,22)/p+1. The molecule has 116 valence electrons. The number of rotatable bonds is 6. The van der Waals surface area contributed by atoms with E-state index in [0.717, 1.165) is 17.0 Å². The van der Waals surface area contributed by atoms with Gasteiger partial charge in [0.05, 0.1) is 7.05 Å². The number of aryl methyl sites for hydroxylation is 1. The Hall–Kier alpha value is -2.20. The van der Waals surface area contributed by atoms with Gasteiger partial charge in [-0.1, -0.05) is 36.4 Å². The van der Waals surface area contributed by atoms with E-state index in [0.29, 0.717) is 13.1 Å². The first kappa shape index (κ1) is 16.2. The van der Waals surface area contributed by atoms with Crippen LogP contribution in [0.3, 0.4) is 0 Å². The number of halogens is 1. The monoisotopic (exact) mass is 301 g/mol. The number of nitrogens with one attached hydrogen (secondary N) is 2. The van der Waals surface area contributed by atoms with Gasteiger partial charge in [0, 0.05) is 12.1 Å². The van der Waals surface area contributed by atoms with Crippen LogP contribution in [0.1, 0.15) is 16.7 Å². The van der Waals surface area contributed by atoms with Crippen molar-refractivity contribution in [2.75, 3.05) is 13.6 Å².